The van der Waals surface area contributed by atoms with Gasteiger partial charge in [-0.1, -0.05) is 99.6 Å². The second-order valence-electron chi connectivity index (χ2n) is 17.0. The molecule has 16 nitrogen and oxygen atoms in total. The largest absolute Gasteiger partial charge is 0.464 e. The Labute approximate surface area is 386 Å². The maximum Gasteiger partial charge on any atom is 0.323 e. The predicted octanol–water partition coefficient (Wildman–Crippen LogP) is 3.87. The summed E-state index contributed by atoms with van der Waals surface area (Å²) in [5, 5.41) is 2.94. The number of rotatable bonds is 21. The lowest BCUT2D eigenvalue weighted by Gasteiger charge is -2.40. The maximum absolute atomic E-state index is 14.2. The molecule has 352 valence electrons. The molecular formula is C50H64N8O8. The lowest BCUT2D eigenvalue weighted by Crippen LogP contribution is -2.54. The van der Waals surface area contributed by atoms with Crippen LogP contribution in [0.1, 0.15) is 68.2 Å². The van der Waals surface area contributed by atoms with Crippen LogP contribution in [0.3, 0.4) is 0 Å². The molecule has 4 heterocycles. The molecule has 3 aromatic heterocycles. The minimum Gasteiger partial charge on any atom is -0.464 e. The molecule has 1 aliphatic rings. The van der Waals surface area contributed by atoms with Gasteiger partial charge in [0.25, 0.3) is 11.1 Å². The standard InChI is InChI=1S/C50H64N8O8/c1-4-26-51-46(59)25-24-45(50(63)64-34-39(2)3)56-30-29-55(33-44-20-13-23-49(62)58(44)66-36-41-16-9-6-10-17-41)37-54(28-27-53(38-56)31-42-18-11-21-47(60)52-42)32-43-19-12-22-48(61)57(43)65-35-40-14-7-5-8-15-40/h5-23,39,45H,4,24-38H2,1-3H3,(H,51,59)(H,52,60). The Kier molecular flexibility index (Phi) is 18.9. The molecule has 5 aromatic rings. The molecular weight excluding hydrogens is 841 g/mol. The van der Waals surface area contributed by atoms with Crippen molar-refractivity contribution in [1.82, 2.24) is 39.4 Å². The summed E-state index contributed by atoms with van der Waals surface area (Å²) in [5.74, 6) is -0.444. The SMILES string of the molecule is CCCNC(=O)CCC(C(=O)OCC(C)C)N1CCN(Cc2cccc(=O)n2OCc2ccccc2)CN(Cc2cccc(=O)n2OCc2ccccc2)CCN(Cc2cccc(=O)[nH]2)C1. The van der Waals surface area contributed by atoms with Gasteiger partial charge in [0, 0.05) is 82.7 Å². The van der Waals surface area contributed by atoms with Gasteiger partial charge in [-0.25, -0.2) is 0 Å². The molecule has 1 saturated heterocycles. The van der Waals surface area contributed by atoms with Crippen molar-refractivity contribution in [3.8, 4) is 0 Å². The highest BCUT2D eigenvalue weighted by Gasteiger charge is 2.32. The Balaban J connectivity index is 1.36. The number of H-pyrrole nitrogens is 1. The van der Waals surface area contributed by atoms with Gasteiger partial charge < -0.3 is 24.7 Å². The number of nitrogens with one attached hydrogen (secondary N) is 2. The Hall–Kier alpha value is -6.33. The summed E-state index contributed by atoms with van der Waals surface area (Å²) in [5.41, 5.74) is 2.97. The molecule has 1 aliphatic heterocycles. The molecule has 0 bridgehead atoms. The summed E-state index contributed by atoms with van der Waals surface area (Å²) < 4.78 is 8.59. The summed E-state index contributed by atoms with van der Waals surface area (Å²) >= 11 is 0. The monoisotopic (exact) mass is 904 g/mol. The molecule has 2 aromatic carbocycles. The van der Waals surface area contributed by atoms with Crippen LogP contribution in [-0.4, -0.2) is 105 Å². The van der Waals surface area contributed by atoms with Gasteiger partial charge in [-0.15, -0.1) is 9.46 Å². The zero-order valence-electron chi connectivity index (χ0n) is 38.4. The average molecular weight is 905 g/mol. The highest BCUT2D eigenvalue weighted by atomic mass is 16.7. The zero-order chi connectivity index (χ0) is 46.7. The highest BCUT2D eigenvalue weighted by Crippen LogP contribution is 2.18. The van der Waals surface area contributed by atoms with Crippen LogP contribution in [-0.2, 0) is 47.2 Å². The zero-order valence-corrected chi connectivity index (χ0v) is 38.4. The molecule has 0 spiro atoms. The van der Waals surface area contributed by atoms with E-state index in [9.17, 15) is 24.0 Å². The molecule has 1 fully saturated rings. The van der Waals surface area contributed by atoms with Crippen molar-refractivity contribution in [2.24, 2.45) is 5.92 Å². The lowest BCUT2D eigenvalue weighted by atomic mass is 10.1. The summed E-state index contributed by atoms with van der Waals surface area (Å²) in [7, 11) is 0. The molecule has 16 heteroatoms. The van der Waals surface area contributed by atoms with Crippen LogP contribution in [0, 0.1) is 5.92 Å². The Morgan fingerprint density at radius 1 is 0.652 bits per heavy atom. The number of aromatic amines is 1. The summed E-state index contributed by atoms with van der Waals surface area (Å²) in [4.78, 5) is 90.5. The van der Waals surface area contributed by atoms with Gasteiger partial charge in [0.1, 0.15) is 19.3 Å². The van der Waals surface area contributed by atoms with Crippen molar-refractivity contribution in [2.45, 2.75) is 78.9 Å². The topological polar surface area (TPSA) is 164 Å². The number of esters is 1. The molecule has 0 aliphatic carbocycles. The molecule has 0 radical (unpaired) electrons. The van der Waals surface area contributed by atoms with E-state index >= 15 is 0 Å². The van der Waals surface area contributed by atoms with E-state index in [1.54, 1.807) is 18.2 Å². The number of pyridine rings is 3. The highest BCUT2D eigenvalue weighted by molar-refractivity contribution is 5.79. The fourth-order valence-electron chi connectivity index (χ4n) is 7.71. The minimum atomic E-state index is -0.768. The van der Waals surface area contributed by atoms with Gasteiger partial charge in [0.05, 0.1) is 31.3 Å². The van der Waals surface area contributed by atoms with E-state index in [1.165, 1.54) is 27.7 Å². The molecule has 1 atom stereocenters. The quantitative estimate of drug-likeness (QED) is 0.103. The van der Waals surface area contributed by atoms with Crippen LogP contribution in [0.2, 0.25) is 0 Å². The van der Waals surface area contributed by atoms with Crippen molar-refractivity contribution in [1.29, 1.82) is 0 Å². The Bertz CT molecular complexity index is 2460. The number of hydrogen-bond donors (Lipinski definition) is 2. The third-order valence-corrected chi connectivity index (χ3v) is 11.1. The van der Waals surface area contributed by atoms with Gasteiger partial charge in [0.15, 0.2) is 0 Å². The van der Waals surface area contributed by atoms with Crippen LogP contribution in [0.4, 0.5) is 0 Å². The number of aromatic nitrogens is 3. The molecule has 1 unspecified atom stereocenters. The summed E-state index contributed by atoms with van der Waals surface area (Å²) in [6.45, 7) is 10.5. The predicted molar refractivity (Wildman–Crippen MR) is 252 cm³/mol. The van der Waals surface area contributed by atoms with Crippen LogP contribution in [0.15, 0.2) is 130 Å². The first-order valence-corrected chi connectivity index (χ1v) is 22.8. The number of carbonyl (C=O) groups is 2. The first-order chi connectivity index (χ1) is 32.0. The second kappa shape index (κ2) is 25.4. The van der Waals surface area contributed by atoms with Gasteiger partial charge in [0.2, 0.25) is 11.5 Å². The Morgan fingerprint density at radius 3 is 1.74 bits per heavy atom. The molecule has 6 rings (SSSR count). The van der Waals surface area contributed by atoms with Crippen LogP contribution in [0.5, 0.6) is 0 Å². The first kappa shape index (κ1) is 49.1. The number of nitrogens with zero attached hydrogens (tertiary/aromatic N) is 6. The van der Waals surface area contributed by atoms with Crippen molar-refractivity contribution in [3.05, 3.63) is 175 Å². The third-order valence-electron chi connectivity index (χ3n) is 11.1. The van der Waals surface area contributed by atoms with Crippen LogP contribution < -0.4 is 31.7 Å². The number of benzene rings is 2. The van der Waals surface area contributed by atoms with E-state index in [1.807, 2.05) is 99.6 Å². The maximum atomic E-state index is 14.2. The van der Waals surface area contributed by atoms with Crippen molar-refractivity contribution >= 4 is 11.9 Å². The fraction of sp³-hybridized carbons (Fsp3) is 0.420. The fourth-order valence-corrected chi connectivity index (χ4v) is 7.71. The van der Waals surface area contributed by atoms with Crippen molar-refractivity contribution < 1.29 is 24.0 Å². The molecule has 0 saturated carbocycles. The Morgan fingerprint density at radius 2 is 1.20 bits per heavy atom. The molecule has 2 N–H and O–H groups in total. The smallest absolute Gasteiger partial charge is 0.323 e. The number of hydrogen-bond acceptors (Lipinski definition) is 12. The van der Waals surface area contributed by atoms with Gasteiger partial charge in [-0.2, -0.15) is 0 Å². The van der Waals surface area contributed by atoms with Crippen molar-refractivity contribution in [2.75, 3.05) is 52.7 Å². The number of ether oxygens (including phenoxy) is 1. The van der Waals surface area contributed by atoms with Gasteiger partial charge in [-0.3, -0.25) is 43.6 Å². The van der Waals surface area contributed by atoms with E-state index in [4.69, 9.17) is 14.4 Å². The van der Waals surface area contributed by atoms with Crippen LogP contribution in [0.25, 0.3) is 0 Å². The van der Waals surface area contributed by atoms with E-state index in [0.717, 1.165) is 17.5 Å². The van der Waals surface area contributed by atoms with E-state index in [-0.39, 0.29) is 67.7 Å². The van der Waals surface area contributed by atoms with Crippen LogP contribution >= 0.6 is 0 Å². The second-order valence-corrected chi connectivity index (χ2v) is 17.0. The van der Waals surface area contributed by atoms with Gasteiger partial charge >= 0.3 is 5.97 Å². The summed E-state index contributed by atoms with van der Waals surface area (Å²) in [6, 6.07) is 33.7. The van der Waals surface area contributed by atoms with Crippen molar-refractivity contribution in [3.63, 3.8) is 0 Å². The minimum absolute atomic E-state index is 0.103. The van der Waals surface area contributed by atoms with E-state index in [0.29, 0.717) is 76.2 Å². The molecule has 1 amide bonds. The van der Waals surface area contributed by atoms with Gasteiger partial charge in [-0.05, 0) is 48.1 Å². The normalized spacial score (nSPS) is 15.0. The number of amides is 1. The third kappa shape index (κ3) is 15.4. The molecule has 66 heavy (non-hydrogen) atoms. The average Bonchev–Trinajstić information content (AvgIpc) is 3.31. The number of carbonyl (C=O) groups excluding carboxylic acids is 2. The first-order valence-electron chi connectivity index (χ1n) is 22.8. The summed E-state index contributed by atoms with van der Waals surface area (Å²) in [6.07, 6.45) is 1.15. The lowest BCUT2D eigenvalue weighted by molar-refractivity contribution is -0.153. The van der Waals surface area contributed by atoms with E-state index in [2.05, 4.69) is 29.9 Å². The van der Waals surface area contributed by atoms with E-state index < -0.39 is 12.0 Å².